The van der Waals surface area contributed by atoms with E-state index < -0.39 is 38.1 Å². The van der Waals surface area contributed by atoms with Crippen LogP contribution in [0.1, 0.15) is 0 Å². The second kappa shape index (κ2) is 10.1. The Hall–Kier alpha value is -1.81. The van der Waals surface area contributed by atoms with E-state index in [1.807, 2.05) is 0 Å². The predicted molar refractivity (Wildman–Crippen MR) is 48.8 cm³/mol. The van der Waals surface area contributed by atoms with Crippen LogP contribution in [0.25, 0.3) is 0 Å². The number of carbonyl (C=O) groups is 2. The van der Waals surface area contributed by atoms with Crippen LogP contribution in [0.3, 0.4) is 0 Å². The van der Waals surface area contributed by atoms with E-state index in [2.05, 4.69) is 18.9 Å². The van der Waals surface area contributed by atoms with Crippen molar-refractivity contribution in [3.63, 3.8) is 0 Å². The average Bonchev–Trinajstić information content (AvgIpc) is 2.32. The first-order valence-electron chi connectivity index (χ1n) is 4.38. The Morgan fingerprint density at radius 2 is 1.42 bits per heavy atom. The standard InChI is InChI=1S/C4H5F3O3.C4H6F2O3/c1-9-3(8)10-2-4(5,6)7;1-8-4(7)9-2-3(5)6/h2H2,1H3;3H,2H2,1H3. The van der Waals surface area contributed by atoms with Crippen LogP contribution in [0.15, 0.2) is 0 Å². The van der Waals surface area contributed by atoms with Gasteiger partial charge in [0.15, 0.2) is 13.2 Å². The van der Waals surface area contributed by atoms with E-state index in [0.29, 0.717) is 0 Å². The Bertz CT molecular complexity index is 267. The molecule has 0 amide bonds. The third-order valence-electron chi connectivity index (χ3n) is 1.01. The van der Waals surface area contributed by atoms with E-state index in [4.69, 9.17) is 0 Å². The number of carbonyl (C=O) groups excluding carboxylic acids is 2. The Balaban J connectivity index is 0. The molecule has 0 spiro atoms. The maximum absolute atomic E-state index is 11.2. The Morgan fingerprint density at radius 1 is 1.00 bits per heavy atom. The first kappa shape index (κ1) is 19.5. The first-order chi connectivity index (χ1) is 8.62. The minimum Gasteiger partial charge on any atom is -0.438 e. The highest BCUT2D eigenvalue weighted by atomic mass is 19.4. The van der Waals surface area contributed by atoms with Crippen LogP contribution < -0.4 is 0 Å². The lowest BCUT2D eigenvalue weighted by atomic mass is 10.7. The predicted octanol–water partition coefficient (Wildman–Crippen LogP) is 2.37. The molecular weight excluding hydrogens is 287 g/mol. The molecule has 0 radical (unpaired) electrons. The number of hydrogen-bond acceptors (Lipinski definition) is 6. The maximum atomic E-state index is 11.2. The molecule has 0 aromatic heterocycles. The Labute approximate surface area is 104 Å². The van der Waals surface area contributed by atoms with E-state index >= 15 is 0 Å². The fourth-order valence-electron chi connectivity index (χ4n) is 0.390. The third kappa shape index (κ3) is 18.7. The number of hydrogen-bond donors (Lipinski definition) is 0. The van der Waals surface area contributed by atoms with Crippen LogP contribution in [0.2, 0.25) is 0 Å². The minimum absolute atomic E-state index is 0.910. The molecule has 0 aliphatic heterocycles. The van der Waals surface area contributed by atoms with Gasteiger partial charge in [-0.2, -0.15) is 13.2 Å². The zero-order chi connectivity index (χ0) is 15.5. The van der Waals surface area contributed by atoms with Crippen molar-refractivity contribution in [2.45, 2.75) is 12.6 Å². The van der Waals surface area contributed by atoms with Gasteiger partial charge in [-0.3, -0.25) is 0 Å². The normalized spacial score (nSPS) is 10.1. The number of alkyl halides is 5. The lowest BCUT2D eigenvalue weighted by Crippen LogP contribution is -2.20. The molecule has 0 saturated heterocycles. The van der Waals surface area contributed by atoms with E-state index in [1.54, 1.807) is 0 Å². The number of rotatable bonds is 3. The van der Waals surface area contributed by atoms with Crippen LogP contribution in [0, 0.1) is 0 Å². The summed E-state index contributed by atoms with van der Waals surface area (Å²) in [6.45, 7) is -2.52. The lowest BCUT2D eigenvalue weighted by molar-refractivity contribution is -0.164. The molecule has 0 fully saturated rings. The second-order valence-electron chi connectivity index (χ2n) is 2.51. The number of methoxy groups -OCH3 is 2. The van der Waals surface area contributed by atoms with Gasteiger partial charge >= 0.3 is 18.5 Å². The van der Waals surface area contributed by atoms with Crippen molar-refractivity contribution in [3.05, 3.63) is 0 Å². The van der Waals surface area contributed by atoms with Crippen LogP contribution in [-0.4, -0.2) is 52.3 Å². The van der Waals surface area contributed by atoms with Gasteiger partial charge in [-0.05, 0) is 0 Å². The SMILES string of the molecule is COC(=O)OCC(F)(F)F.COC(=O)OCC(F)F. The molecule has 19 heavy (non-hydrogen) atoms. The van der Waals surface area contributed by atoms with Crippen LogP contribution in [-0.2, 0) is 18.9 Å². The van der Waals surface area contributed by atoms with Gasteiger partial charge in [0.2, 0.25) is 0 Å². The van der Waals surface area contributed by atoms with Crippen molar-refractivity contribution < 1.29 is 50.5 Å². The van der Waals surface area contributed by atoms with Gasteiger partial charge in [0.25, 0.3) is 6.43 Å². The van der Waals surface area contributed by atoms with Crippen molar-refractivity contribution >= 4 is 12.3 Å². The smallest absolute Gasteiger partial charge is 0.438 e. The topological polar surface area (TPSA) is 71.1 Å². The van der Waals surface area contributed by atoms with Gasteiger partial charge in [0.05, 0.1) is 14.2 Å². The van der Waals surface area contributed by atoms with Gasteiger partial charge in [-0.1, -0.05) is 0 Å². The fourth-order valence-corrected chi connectivity index (χ4v) is 0.390. The van der Waals surface area contributed by atoms with E-state index in [1.165, 1.54) is 0 Å². The summed E-state index contributed by atoms with van der Waals surface area (Å²) in [7, 11) is 1.98. The van der Waals surface area contributed by atoms with Crippen LogP contribution in [0.5, 0.6) is 0 Å². The minimum atomic E-state index is -4.49. The van der Waals surface area contributed by atoms with Gasteiger partial charge < -0.3 is 18.9 Å². The molecule has 0 heterocycles. The highest BCUT2D eigenvalue weighted by Gasteiger charge is 2.29. The summed E-state index contributed by atoms with van der Waals surface area (Å²) >= 11 is 0. The zero-order valence-corrected chi connectivity index (χ0v) is 9.83. The van der Waals surface area contributed by atoms with E-state index in [0.717, 1.165) is 14.2 Å². The third-order valence-corrected chi connectivity index (χ3v) is 1.01. The fraction of sp³-hybridized carbons (Fsp3) is 0.750. The van der Waals surface area contributed by atoms with Crippen molar-refractivity contribution in [2.75, 3.05) is 27.4 Å². The molecular formula is C8H11F5O6. The molecule has 114 valence electrons. The highest BCUT2D eigenvalue weighted by Crippen LogP contribution is 2.14. The summed E-state index contributed by atoms with van der Waals surface area (Å²) in [5, 5.41) is 0. The van der Waals surface area contributed by atoms with E-state index in [9.17, 15) is 31.5 Å². The molecule has 6 nitrogen and oxygen atoms in total. The summed E-state index contributed by atoms with van der Waals surface area (Å²) in [5.74, 6) is 0. The molecule has 0 unspecified atom stereocenters. The van der Waals surface area contributed by atoms with E-state index in [-0.39, 0.29) is 0 Å². The summed E-state index contributed by atoms with van der Waals surface area (Å²) in [6.07, 6.45) is -9.55. The summed E-state index contributed by atoms with van der Waals surface area (Å²) in [4.78, 5) is 19.9. The second-order valence-corrected chi connectivity index (χ2v) is 2.51. The largest absolute Gasteiger partial charge is 0.508 e. The Kier molecular flexibility index (Phi) is 10.4. The molecule has 0 saturated carbocycles. The lowest BCUT2D eigenvalue weighted by Gasteiger charge is -2.05. The quantitative estimate of drug-likeness (QED) is 0.588. The molecule has 0 rings (SSSR count). The monoisotopic (exact) mass is 298 g/mol. The van der Waals surface area contributed by atoms with Gasteiger partial charge in [-0.15, -0.1) is 0 Å². The summed E-state index contributed by atoms with van der Waals surface area (Å²) in [5.41, 5.74) is 0. The first-order valence-corrected chi connectivity index (χ1v) is 4.38. The van der Waals surface area contributed by atoms with Crippen molar-refractivity contribution in [1.82, 2.24) is 0 Å². The summed E-state index contributed by atoms with van der Waals surface area (Å²) < 4.78 is 71.2. The molecule has 0 atom stereocenters. The van der Waals surface area contributed by atoms with Crippen LogP contribution >= 0.6 is 0 Å². The van der Waals surface area contributed by atoms with Gasteiger partial charge in [-0.25, -0.2) is 18.4 Å². The maximum Gasteiger partial charge on any atom is 0.508 e. The number of ether oxygens (including phenoxy) is 4. The molecule has 0 aliphatic rings. The van der Waals surface area contributed by atoms with Crippen LogP contribution in [0.4, 0.5) is 31.5 Å². The van der Waals surface area contributed by atoms with Gasteiger partial charge in [0, 0.05) is 0 Å². The molecule has 0 aliphatic carbocycles. The molecule has 11 heteroatoms. The van der Waals surface area contributed by atoms with Crippen molar-refractivity contribution in [3.8, 4) is 0 Å². The number of halogens is 5. The van der Waals surface area contributed by atoms with Gasteiger partial charge in [0.1, 0.15) is 0 Å². The summed E-state index contributed by atoms with van der Waals surface area (Å²) in [6, 6.07) is 0. The van der Waals surface area contributed by atoms with Crippen molar-refractivity contribution in [2.24, 2.45) is 0 Å². The Morgan fingerprint density at radius 3 is 1.74 bits per heavy atom. The van der Waals surface area contributed by atoms with Crippen molar-refractivity contribution in [1.29, 1.82) is 0 Å². The molecule has 0 aromatic rings. The molecule has 0 aromatic carbocycles. The molecule has 0 bridgehead atoms. The zero-order valence-electron chi connectivity index (χ0n) is 9.83. The molecule has 0 N–H and O–H groups in total. The highest BCUT2D eigenvalue weighted by molar-refractivity contribution is 5.59. The average molecular weight is 298 g/mol.